The number of anilines is 6. The van der Waals surface area contributed by atoms with Gasteiger partial charge in [0.2, 0.25) is 11.8 Å². The highest BCUT2D eigenvalue weighted by Crippen LogP contribution is 2.40. The molecule has 0 spiro atoms. The number of hydrogen-bond acceptors (Lipinski definition) is 15. The van der Waals surface area contributed by atoms with E-state index < -0.39 is 18.0 Å². The van der Waals surface area contributed by atoms with Gasteiger partial charge in [0.25, 0.3) is 0 Å². The van der Waals surface area contributed by atoms with Gasteiger partial charge in [-0.2, -0.15) is 10.2 Å². The van der Waals surface area contributed by atoms with Crippen molar-refractivity contribution in [1.82, 2.24) is 49.5 Å². The van der Waals surface area contributed by atoms with E-state index in [-0.39, 0.29) is 63.0 Å². The number of H-pyrrole nitrogens is 2. The summed E-state index contributed by atoms with van der Waals surface area (Å²) in [6, 6.07) is 13.9. The van der Waals surface area contributed by atoms with Crippen molar-refractivity contribution in [3.63, 3.8) is 0 Å². The maximum absolute atomic E-state index is 13.3. The number of pyridine rings is 3. The number of amides is 2. The molecular weight excluding hydrogens is 825 g/mol. The van der Waals surface area contributed by atoms with Gasteiger partial charge in [0, 0.05) is 53.9 Å². The number of benzene rings is 2. The highest BCUT2D eigenvalue weighted by atomic mass is 16.5. The number of aromatic nitrogens is 10. The van der Waals surface area contributed by atoms with E-state index in [9.17, 15) is 19.2 Å². The van der Waals surface area contributed by atoms with Crippen LogP contribution in [0.15, 0.2) is 81.4 Å². The molecule has 0 unspecified atom stereocenters. The van der Waals surface area contributed by atoms with Crippen molar-refractivity contribution in [2.45, 2.75) is 32.5 Å². The van der Waals surface area contributed by atoms with Crippen LogP contribution in [0.4, 0.5) is 34.4 Å². The number of oxazole rings is 1. The fraction of sp³-hybridized carbons (Fsp3) is 0.256. The first-order valence-corrected chi connectivity index (χ1v) is 20.0. The van der Waals surface area contributed by atoms with Crippen LogP contribution >= 0.6 is 0 Å². The maximum atomic E-state index is 13.3. The number of aryl methyl sites for hydroxylation is 3. The molecule has 2 amide bonds. The summed E-state index contributed by atoms with van der Waals surface area (Å²) < 4.78 is 42.9. The minimum absolute atomic E-state index is 0.0138. The molecule has 6 N–H and O–H groups in total. The van der Waals surface area contributed by atoms with Gasteiger partial charge in [0.15, 0.2) is 39.8 Å². The first-order chi connectivity index (χ1) is 32.2. The van der Waals surface area contributed by atoms with Crippen molar-refractivity contribution in [1.29, 1.82) is 0 Å². The summed E-state index contributed by atoms with van der Waals surface area (Å²) in [6.07, 6.45) is 7.67. The highest BCUT2D eigenvalue weighted by Gasteiger charge is 2.31. The van der Waals surface area contributed by atoms with Gasteiger partial charge >= 0.3 is 5.76 Å². The number of nitrogens with zero attached hydrogens (tertiary/aromatic N) is 8. The highest BCUT2D eigenvalue weighted by molar-refractivity contribution is 5.99. The SMILES string of the molecule is COc1c(Nc2cc(NC(=O)C3CC3)nc3[nH]c(=O)oc23)cccc1-c1ncn(C)n1.[2H]C([2H])([2H])c1c[nH]c2nc(NC(=O)C3CC3)cc(Nc3cccc(-c4ncn(C)n4)c3OC)c2c1=O. The third-order valence-corrected chi connectivity index (χ3v) is 10.3. The lowest BCUT2D eigenvalue weighted by Crippen LogP contribution is -2.16. The molecule has 2 saturated carbocycles. The number of aromatic amines is 2. The molecular formula is C43H42N14O7. The predicted molar refractivity (Wildman–Crippen MR) is 237 cm³/mol. The molecule has 21 heteroatoms. The smallest absolute Gasteiger partial charge is 0.418 e. The Kier molecular flexibility index (Phi) is 9.84. The Morgan fingerprint density at radius 2 is 1.30 bits per heavy atom. The van der Waals surface area contributed by atoms with Gasteiger partial charge in [-0.25, -0.2) is 24.7 Å². The van der Waals surface area contributed by atoms with E-state index in [2.05, 4.69) is 61.4 Å². The van der Waals surface area contributed by atoms with E-state index >= 15 is 0 Å². The van der Waals surface area contributed by atoms with Crippen LogP contribution in [0.5, 0.6) is 11.5 Å². The van der Waals surface area contributed by atoms with Crippen LogP contribution in [0.3, 0.4) is 0 Å². The van der Waals surface area contributed by atoms with E-state index in [1.165, 1.54) is 13.2 Å². The fourth-order valence-electron chi connectivity index (χ4n) is 6.90. The average Bonchev–Trinajstić information content (AvgIpc) is 4.21. The number of hydrogen-bond donors (Lipinski definition) is 6. The maximum Gasteiger partial charge on any atom is 0.418 e. The summed E-state index contributed by atoms with van der Waals surface area (Å²) in [5.41, 5.74) is 2.61. The minimum atomic E-state index is -2.62. The van der Waals surface area contributed by atoms with Crippen molar-refractivity contribution >= 4 is 68.5 Å². The number of ether oxygens (including phenoxy) is 2. The number of para-hydroxylation sites is 2. The molecule has 6 heterocycles. The van der Waals surface area contributed by atoms with Crippen LogP contribution in [0.2, 0.25) is 0 Å². The standard InChI is InChI=1S/C23H23N7O3.C20H19N7O4/c1-12-10-24-22-18(19(12)31)16(9-17(27-22)28-23(32)13-7-8-13)26-15-6-4-5-14(20(15)33-3)21-25-11-30(2)29-21;1-27-9-21-17(26-27)11-4-3-5-12(15(11)30-2)22-13-8-14(24-19(28)10-6-7-10)23-18-16(13)31-20(29)25-18/h4-6,9-11,13H,7-8H2,1-3H3,(H3,24,26,27,28,31,32);3-5,8-10H,6-7H2,1-2H3,(H3,22,23,24,25,28,29)/i1D3;. The summed E-state index contributed by atoms with van der Waals surface area (Å²) in [5, 5.41) is 20.7. The Morgan fingerprint density at radius 3 is 1.80 bits per heavy atom. The molecule has 6 aromatic heterocycles. The summed E-state index contributed by atoms with van der Waals surface area (Å²) in [4.78, 5) is 72.2. The molecule has 0 saturated heterocycles. The summed E-state index contributed by atoms with van der Waals surface area (Å²) in [7, 11) is 6.58. The summed E-state index contributed by atoms with van der Waals surface area (Å²) >= 11 is 0. The molecule has 2 aliphatic rings. The molecule has 8 aromatic rings. The number of nitrogens with one attached hydrogen (secondary N) is 6. The zero-order valence-electron chi connectivity index (χ0n) is 37.8. The van der Waals surface area contributed by atoms with Crippen LogP contribution in [0, 0.1) is 18.7 Å². The molecule has 0 aliphatic heterocycles. The third kappa shape index (κ3) is 8.45. The minimum Gasteiger partial charge on any atom is -0.494 e. The van der Waals surface area contributed by atoms with Crippen LogP contribution in [-0.4, -0.2) is 75.5 Å². The van der Waals surface area contributed by atoms with Gasteiger partial charge in [0.05, 0.1) is 53.5 Å². The molecule has 21 nitrogen and oxygen atoms in total. The molecule has 0 radical (unpaired) electrons. The van der Waals surface area contributed by atoms with Crippen molar-refractivity contribution in [3.05, 3.63) is 93.7 Å². The second kappa shape index (κ2) is 16.8. The fourth-order valence-corrected chi connectivity index (χ4v) is 6.90. The van der Waals surface area contributed by atoms with Gasteiger partial charge in [-0.3, -0.25) is 28.7 Å². The van der Waals surface area contributed by atoms with Gasteiger partial charge < -0.3 is 40.1 Å². The van der Waals surface area contributed by atoms with E-state index in [4.69, 9.17) is 18.0 Å². The van der Waals surface area contributed by atoms with Gasteiger partial charge in [-0.05, 0) is 56.8 Å². The lowest BCUT2D eigenvalue weighted by molar-refractivity contribution is -0.118. The molecule has 0 atom stereocenters. The van der Waals surface area contributed by atoms with Crippen LogP contribution in [0.1, 0.15) is 35.4 Å². The zero-order valence-corrected chi connectivity index (χ0v) is 34.8. The van der Waals surface area contributed by atoms with Crippen molar-refractivity contribution < 1.29 is 27.6 Å². The molecule has 326 valence electrons. The molecule has 2 fully saturated rings. The second-order valence-corrected chi connectivity index (χ2v) is 15.1. The number of fused-ring (bicyclic) bond motifs is 2. The Morgan fingerprint density at radius 1 is 0.766 bits per heavy atom. The molecule has 10 rings (SSSR count). The topological polar surface area (TPSA) is 267 Å². The van der Waals surface area contributed by atoms with Crippen LogP contribution in [-0.2, 0) is 23.7 Å². The van der Waals surface area contributed by atoms with Gasteiger partial charge in [-0.15, -0.1) is 0 Å². The number of carbonyl (C=O) groups excluding carboxylic acids is 2. The van der Waals surface area contributed by atoms with Gasteiger partial charge in [-0.1, -0.05) is 12.1 Å². The quantitative estimate of drug-likeness (QED) is 0.0880. The monoisotopic (exact) mass is 869 g/mol. The van der Waals surface area contributed by atoms with E-state index in [0.717, 1.165) is 31.9 Å². The van der Waals surface area contributed by atoms with Gasteiger partial charge in [0.1, 0.15) is 29.9 Å². The first-order valence-electron chi connectivity index (χ1n) is 21.5. The van der Waals surface area contributed by atoms with E-state index in [1.807, 2.05) is 18.2 Å². The Bertz CT molecular complexity index is 3330. The van der Waals surface area contributed by atoms with Crippen molar-refractivity contribution in [2.75, 3.05) is 35.5 Å². The Labute approximate surface area is 366 Å². The number of rotatable bonds is 12. The van der Waals surface area contributed by atoms with E-state index in [1.54, 1.807) is 67.5 Å². The predicted octanol–water partition coefficient (Wildman–Crippen LogP) is 5.54. The summed E-state index contributed by atoms with van der Waals surface area (Å²) in [5.74, 6) is 1.48. The molecule has 64 heavy (non-hydrogen) atoms. The molecule has 2 aromatic carbocycles. The number of methoxy groups -OCH3 is 2. The average molecular weight is 870 g/mol. The zero-order chi connectivity index (χ0) is 47.1. The molecule has 2 aliphatic carbocycles. The Hall–Kier alpha value is -8.36. The normalized spacial score (nSPS) is 14.2. The third-order valence-electron chi connectivity index (χ3n) is 10.3. The van der Waals surface area contributed by atoms with Crippen LogP contribution in [0.25, 0.3) is 45.0 Å². The van der Waals surface area contributed by atoms with E-state index in [0.29, 0.717) is 57.2 Å². The molecule has 0 bridgehead atoms. The summed E-state index contributed by atoms with van der Waals surface area (Å²) in [6.45, 7) is -2.62. The second-order valence-electron chi connectivity index (χ2n) is 15.1. The Balaban J connectivity index is 0.000000170. The number of carbonyl (C=O) groups is 2. The lowest BCUT2D eigenvalue weighted by Gasteiger charge is -2.16. The van der Waals surface area contributed by atoms with Crippen molar-refractivity contribution in [2.24, 2.45) is 25.9 Å². The lowest BCUT2D eigenvalue weighted by atomic mass is 10.1. The largest absolute Gasteiger partial charge is 0.494 e. The van der Waals surface area contributed by atoms with Crippen LogP contribution < -0.4 is 41.9 Å². The van der Waals surface area contributed by atoms with Crippen molar-refractivity contribution in [3.8, 4) is 34.3 Å². The first kappa shape index (κ1) is 37.4.